The van der Waals surface area contributed by atoms with E-state index in [9.17, 15) is 18.0 Å². The second-order valence-corrected chi connectivity index (χ2v) is 8.67. The number of thiophene rings is 1. The summed E-state index contributed by atoms with van der Waals surface area (Å²) in [5.74, 6) is -1.34. The molecule has 0 radical (unpaired) electrons. The van der Waals surface area contributed by atoms with Gasteiger partial charge in [-0.1, -0.05) is 12.5 Å². The van der Waals surface area contributed by atoms with Crippen molar-refractivity contribution in [2.45, 2.75) is 42.9 Å². The third kappa shape index (κ3) is 4.55. The van der Waals surface area contributed by atoms with E-state index in [1.54, 1.807) is 28.7 Å². The number of carbonyl (C=O) groups is 2. The van der Waals surface area contributed by atoms with Crippen LogP contribution in [0, 0.1) is 0 Å². The average molecular weight is 374 g/mol. The van der Waals surface area contributed by atoms with Crippen LogP contribution in [0.2, 0.25) is 0 Å². The van der Waals surface area contributed by atoms with Crippen LogP contribution >= 0.6 is 11.3 Å². The molecule has 2 heterocycles. The van der Waals surface area contributed by atoms with Crippen molar-refractivity contribution in [2.24, 2.45) is 0 Å². The minimum absolute atomic E-state index is 0.152. The highest BCUT2D eigenvalue weighted by Gasteiger charge is 2.33. The second-order valence-electron chi connectivity index (χ2n) is 5.60. The minimum atomic E-state index is -3.48. The lowest BCUT2D eigenvalue weighted by Crippen LogP contribution is -2.46. The summed E-state index contributed by atoms with van der Waals surface area (Å²) in [4.78, 5) is 23.0. The van der Waals surface area contributed by atoms with Crippen LogP contribution in [0.3, 0.4) is 0 Å². The van der Waals surface area contributed by atoms with E-state index in [1.807, 2.05) is 0 Å². The molecule has 0 aliphatic carbocycles. The first-order valence-corrected chi connectivity index (χ1v) is 10.4. The lowest BCUT2D eigenvalue weighted by atomic mass is 10.0. The lowest BCUT2D eigenvalue weighted by Gasteiger charge is -2.34. The van der Waals surface area contributed by atoms with E-state index in [0.29, 0.717) is 23.7 Å². The van der Waals surface area contributed by atoms with Crippen LogP contribution in [0.1, 0.15) is 32.6 Å². The molecule has 1 aromatic heterocycles. The van der Waals surface area contributed by atoms with E-state index < -0.39 is 21.8 Å². The minimum Gasteiger partial charge on any atom is -0.348 e. The molecule has 1 atom stereocenters. The maximum absolute atomic E-state index is 12.7. The predicted molar refractivity (Wildman–Crippen MR) is 92.2 cm³/mol. The Balaban J connectivity index is 1.95. The molecule has 1 aliphatic rings. The van der Waals surface area contributed by atoms with Crippen LogP contribution in [-0.2, 0) is 19.6 Å². The number of rotatable bonds is 6. The van der Waals surface area contributed by atoms with Gasteiger partial charge in [-0.25, -0.2) is 8.42 Å². The Morgan fingerprint density at radius 3 is 2.71 bits per heavy atom. The molecule has 7 nitrogen and oxygen atoms in total. The molecule has 2 N–H and O–H groups in total. The molecule has 0 spiro atoms. The van der Waals surface area contributed by atoms with Crippen LogP contribution < -0.4 is 10.6 Å². The number of hydrogen-bond acceptors (Lipinski definition) is 5. The first-order valence-electron chi connectivity index (χ1n) is 8.08. The molecule has 9 heteroatoms. The van der Waals surface area contributed by atoms with Crippen LogP contribution in [-0.4, -0.2) is 50.2 Å². The summed E-state index contributed by atoms with van der Waals surface area (Å²) in [6, 6.07) is 3.19. The number of piperidine rings is 1. The first kappa shape index (κ1) is 18.9. The summed E-state index contributed by atoms with van der Waals surface area (Å²) in [6.45, 7) is 2.90. The Kier molecular flexibility index (Phi) is 6.76. The third-order valence-corrected chi connectivity index (χ3v) is 7.26. The van der Waals surface area contributed by atoms with E-state index in [0.717, 1.165) is 19.3 Å². The molecule has 0 bridgehead atoms. The Morgan fingerprint density at radius 1 is 1.29 bits per heavy atom. The van der Waals surface area contributed by atoms with E-state index in [4.69, 9.17) is 0 Å². The van der Waals surface area contributed by atoms with Crippen molar-refractivity contribution in [3.63, 3.8) is 0 Å². The third-order valence-electron chi connectivity index (χ3n) is 3.94. The monoisotopic (exact) mass is 373 g/mol. The van der Waals surface area contributed by atoms with Crippen molar-refractivity contribution < 1.29 is 18.0 Å². The van der Waals surface area contributed by atoms with Gasteiger partial charge in [-0.15, -0.1) is 11.3 Å². The molecule has 2 rings (SSSR count). The van der Waals surface area contributed by atoms with Crippen molar-refractivity contribution in [1.82, 2.24) is 14.9 Å². The summed E-state index contributed by atoms with van der Waals surface area (Å²) in [5, 5.41) is 6.73. The molecule has 24 heavy (non-hydrogen) atoms. The Labute approximate surface area is 146 Å². The molecular weight excluding hydrogens is 350 g/mol. The van der Waals surface area contributed by atoms with Crippen LogP contribution in [0.4, 0.5) is 0 Å². The molecule has 134 valence electrons. The molecule has 1 aromatic rings. The zero-order valence-corrected chi connectivity index (χ0v) is 15.3. The number of hydrogen-bond donors (Lipinski definition) is 2. The van der Waals surface area contributed by atoms with Crippen LogP contribution in [0.5, 0.6) is 0 Å². The largest absolute Gasteiger partial charge is 0.348 e. The second kappa shape index (κ2) is 8.59. The van der Waals surface area contributed by atoms with Gasteiger partial charge in [0.2, 0.25) is 0 Å². The lowest BCUT2D eigenvalue weighted by molar-refractivity contribution is -0.139. The fourth-order valence-corrected chi connectivity index (χ4v) is 5.62. The molecule has 0 unspecified atom stereocenters. The van der Waals surface area contributed by atoms with Crippen LogP contribution in [0.15, 0.2) is 21.7 Å². The van der Waals surface area contributed by atoms with Gasteiger partial charge >= 0.3 is 11.8 Å². The summed E-state index contributed by atoms with van der Waals surface area (Å²) in [7, 11) is -3.48. The molecule has 0 saturated carbocycles. The number of nitrogens with one attached hydrogen (secondary N) is 2. The highest BCUT2D eigenvalue weighted by Crippen LogP contribution is 2.28. The maximum Gasteiger partial charge on any atom is 0.309 e. The Hall–Kier alpha value is -1.45. The van der Waals surface area contributed by atoms with Gasteiger partial charge in [0.05, 0.1) is 0 Å². The fourth-order valence-electron chi connectivity index (χ4n) is 2.78. The SMILES string of the molecule is CCNC(=O)C(=O)NCC[C@H]1CCCCN1S(=O)(=O)c1cccs1. The number of carbonyl (C=O) groups excluding carboxylic acids is 2. The normalized spacial score (nSPS) is 19.0. The summed E-state index contributed by atoms with van der Waals surface area (Å²) < 4.78 is 27.4. The summed E-state index contributed by atoms with van der Waals surface area (Å²) in [5.41, 5.74) is 0. The highest BCUT2D eigenvalue weighted by atomic mass is 32.2. The molecule has 2 amide bonds. The Morgan fingerprint density at radius 2 is 2.04 bits per heavy atom. The molecule has 0 aromatic carbocycles. The van der Waals surface area contributed by atoms with Gasteiger partial charge in [0.25, 0.3) is 10.0 Å². The molecule has 1 saturated heterocycles. The maximum atomic E-state index is 12.7. The smallest absolute Gasteiger partial charge is 0.309 e. The van der Waals surface area contributed by atoms with E-state index in [-0.39, 0.29) is 12.6 Å². The number of likely N-dealkylation sites (N-methyl/N-ethyl adjacent to an activating group) is 1. The fraction of sp³-hybridized carbons (Fsp3) is 0.600. The number of sulfonamides is 1. The highest BCUT2D eigenvalue weighted by molar-refractivity contribution is 7.91. The van der Waals surface area contributed by atoms with Gasteiger partial charge in [0, 0.05) is 25.7 Å². The van der Waals surface area contributed by atoms with Crippen molar-refractivity contribution >= 4 is 33.2 Å². The quantitative estimate of drug-likeness (QED) is 0.725. The summed E-state index contributed by atoms with van der Waals surface area (Å²) >= 11 is 1.21. The van der Waals surface area contributed by atoms with Gasteiger partial charge < -0.3 is 10.6 Å². The zero-order valence-electron chi connectivity index (χ0n) is 13.7. The van der Waals surface area contributed by atoms with Gasteiger partial charge in [-0.2, -0.15) is 4.31 Å². The standard InChI is InChI=1S/C15H23N3O4S2/c1-2-16-14(19)15(20)17-9-8-12-6-3-4-10-18(12)24(21,22)13-7-5-11-23-13/h5,7,11-12H,2-4,6,8-10H2,1H3,(H,16,19)(H,17,20)/t12-/m1/s1. The Bertz CT molecular complexity index is 658. The van der Waals surface area contributed by atoms with Gasteiger partial charge in [-0.3, -0.25) is 9.59 Å². The molecule has 1 fully saturated rings. The van der Waals surface area contributed by atoms with Crippen molar-refractivity contribution in [3.05, 3.63) is 17.5 Å². The van der Waals surface area contributed by atoms with Crippen molar-refractivity contribution in [1.29, 1.82) is 0 Å². The number of nitrogens with zero attached hydrogens (tertiary/aromatic N) is 1. The number of amides is 2. The zero-order chi connectivity index (χ0) is 17.6. The van der Waals surface area contributed by atoms with Gasteiger partial charge in [0.15, 0.2) is 0 Å². The first-order chi connectivity index (χ1) is 11.5. The van der Waals surface area contributed by atoms with E-state index in [2.05, 4.69) is 10.6 Å². The topological polar surface area (TPSA) is 95.6 Å². The van der Waals surface area contributed by atoms with Crippen molar-refractivity contribution in [2.75, 3.05) is 19.6 Å². The molecule has 1 aliphatic heterocycles. The average Bonchev–Trinajstić information content (AvgIpc) is 3.10. The molecular formula is C15H23N3O4S2. The van der Waals surface area contributed by atoms with E-state index in [1.165, 1.54) is 11.3 Å². The van der Waals surface area contributed by atoms with Gasteiger partial charge in [0.1, 0.15) is 4.21 Å². The summed E-state index contributed by atoms with van der Waals surface area (Å²) in [6.07, 6.45) is 3.06. The van der Waals surface area contributed by atoms with Crippen LogP contribution in [0.25, 0.3) is 0 Å². The van der Waals surface area contributed by atoms with Crippen molar-refractivity contribution in [3.8, 4) is 0 Å². The van der Waals surface area contributed by atoms with E-state index >= 15 is 0 Å². The predicted octanol–water partition coefficient (Wildman–Crippen LogP) is 0.934. The van der Waals surface area contributed by atoms with Gasteiger partial charge in [-0.05, 0) is 37.6 Å².